The first-order chi connectivity index (χ1) is 15.6. The number of aliphatic hydroxyl groups is 3. The molecule has 0 amide bonds. The van der Waals surface area contributed by atoms with E-state index in [1.807, 2.05) is 19.9 Å². The molecule has 0 aromatic heterocycles. The Kier molecular flexibility index (Phi) is 6.36. The third-order valence-corrected chi connectivity index (χ3v) is 11.7. The van der Waals surface area contributed by atoms with Crippen LogP contribution in [0.1, 0.15) is 100 Å². The molecule has 0 heterocycles. The number of fused-ring (bicyclic) bond motifs is 4. The first kappa shape index (κ1) is 26.1. The van der Waals surface area contributed by atoms with E-state index in [1.54, 1.807) is 0 Å². The summed E-state index contributed by atoms with van der Waals surface area (Å²) in [5.41, 5.74) is 1.38. The van der Waals surface area contributed by atoms with E-state index >= 15 is 0 Å². The predicted molar refractivity (Wildman–Crippen MR) is 136 cm³/mol. The molecule has 4 heteroatoms. The van der Waals surface area contributed by atoms with Crippen molar-refractivity contribution in [3.63, 3.8) is 0 Å². The van der Waals surface area contributed by atoms with Crippen molar-refractivity contribution >= 4 is 5.78 Å². The van der Waals surface area contributed by atoms with Crippen LogP contribution in [0, 0.1) is 39.9 Å². The van der Waals surface area contributed by atoms with Crippen molar-refractivity contribution in [1.29, 1.82) is 0 Å². The molecule has 0 radical (unpaired) electrons. The summed E-state index contributed by atoms with van der Waals surface area (Å²) in [6.07, 6.45) is 6.12. The lowest BCUT2D eigenvalue weighted by atomic mass is 9.42. The fourth-order valence-electron chi connectivity index (χ4n) is 8.73. The van der Waals surface area contributed by atoms with Crippen molar-refractivity contribution in [2.24, 2.45) is 39.9 Å². The van der Waals surface area contributed by atoms with E-state index in [1.165, 1.54) is 11.1 Å². The van der Waals surface area contributed by atoms with Crippen molar-refractivity contribution in [2.75, 3.05) is 0 Å². The first-order valence-electron chi connectivity index (χ1n) is 13.7. The minimum atomic E-state index is -1.13. The maximum Gasteiger partial charge on any atom is 0.158 e. The lowest BCUT2D eigenvalue weighted by Crippen LogP contribution is -2.71. The number of aliphatic hydroxyl groups excluding tert-OH is 2. The van der Waals surface area contributed by atoms with E-state index < -0.39 is 28.6 Å². The summed E-state index contributed by atoms with van der Waals surface area (Å²) in [7, 11) is 0. The summed E-state index contributed by atoms with van der Waals surface area (Å²) < 4.78 is 0. The maximum absolute atomic E-state index is 13.2. The summed E-state index contributed by atoms with van der Waals surface area (Å²) in [4.78, 5) is 13.2. The third-order valence-electron chi connectivity index (χ3n) is 11.7. The molecule has 8 atom stereocenters. The van der Waals surface area contributed by atoms with Gasteiger partial charge in [-0.1, -0.05) is 65.2 Å². The Balaban J connectivity index is 1.69. The number of hydrogen-bond acceptors (Lipinski definition) is 4. The maximum atomic E-state index is 13.2. The standard InChI is InChI=1S/C30H48O4/c1-17(2)18(3)15-24(31)19(4)21-9-10-22-20-11-14-30(34)27(5,6)25(32)16-26(33)29(30,8)23(20)12-13-28(21,22)7/h15,17,19,21-22,25-26,32-34H,9-14,16H2,1-8H3/b18-15+. The smallest absolute Gasteiger partial charge is 0.158 e. The van der Waals surface area contributed by atoms with Gasteiger partial charge in [-0.3, -0.25) is 4.79 Å². The highest BCUT2D eigenvalue weighted by Gasteiger charge is 2.69. The van der Waals surface area contributed by atoms with Crippen LogP contribution >= 0.6 is 0 Å². The molecule has 34 heavy (non-hydrogen) atoms. The van der Waals surface area contributed by atoms with Crippen molar-refractivity contribution in [3.05, 3.63) is 22.8 Å². The quantitative estimate of drug-likeness (QED) is 0.368. The van der Waals surface area contributed by atoms with Gasteiger partial charge in [-0.2, -0.15) is 0 Å². The molecule has 4 nitrogen and oxygen atoms in total. The highest BCUT2D eigenvalue weighted by atomic mass is 16.3. The number of allylic oxidation sites excluding steroid dienone is 3. The summed E-state index contributed by atoms with van der Waals surface area (Å²) >= 11 is 0. The van der Waals surface area contributed by atoms with Crippen LogP contribution in [0.3, 0.4) is 0 Å². The molecule has 0 spiro atoms. The highest BCUT2D eigenvalue weighted by molar-refractivity contribution is 5.92. The molecule has 0 aromatic carbocycles. The van der Waals surface area contributed by atoms with Gasteiger partial charge in [0, 0.05) is 23.2 Å². The zero-order chi connectivity index (χ0) is 25.4. The first-order valence-corrected chi connectivity index (χ1v) is 13.7. The van der Waals surface area contributed by atoms with Gasteiger partial charge in [0.05, 0.1) is 17.8 Å². The largest absolute Gasteiger partial charge is 0.392 e. The van der Waals surface area contributed by atoms with Gasteiger partial charge < -0.3 is 15.3 Å². The Bertz CT molecular complexity index is 913. The van der Waals surface area contributed by atoms with E-state index in [4.69, 9.17) is 0 Å². The molecule has 0 bridgehead atoms. The van der Waals surface area contributed by atoms with Gasteiger partial charge in [0.1, 0.15) is 0 Å². The molecule has 3 N–H and O–H groups in total. The molecule has 2 saturated carbocycles. The fraction of sp³-hybridized carbons (Fsp3) is 0.833. The second kappa shape index (κ2) is 8.28. The second-order valence-corrected chi connectivity index (χ2v) is 13.5. The highest BCUT2D eigenvalue weighted by Crippen LogP contribution is 2.69. The monoisotopic (exact) mass is 472 g/mol. The molecule has 0 saturated heterocycles. The number of hydrogen-bond donors (Lipinski definition) is 3. The van der Waals surface area contributed by atoms with Crippen LogP contribution in [0.2, 0.25) is 0 Å². The van der Waals surface area contributed by atoms with Crippen LogP contribution < -0.4 is 0 Å². The minimum Gasteiger partial charge on any atom is -0.392 e. The molecule has 192 valence electrons. The van der Waals surface area contributed by atoms with E-state index in [-0.39, 0.29) is 17.1 Å². The molecule has 2 fully saturated rings. The molecule has 0 aliphatic heterocycles. The Labute approximate surface area is 206 Å². The molecular formula is C30H48O4. The summed E-state index contributed by atoms with van der Waals surface area (Å²) in [6, 6.07) is 0. The number of carbonyl (C=O) groups excluding carboxylic acids is 1. The van der Waals surface area contributed by atoms with E-state index in [0.717, 1.165) is 37.7 Å². The summed E-state index contributed by atoms with van der Waals surface area (Å²) in [6.45, 7) is 16.8. The van der Waals surface area contributed by atoms with E-state index in [0.29, 0.717) is 30.6 Å². The van der Waals surface area contributed by atoms with Crippen LogP contribution in [-0.4, -0.2) is 38.9 Å². The predicted octanol–water partition coefficient (Wildman–Crippen LogP) is 5.60. The Morgan fingerprint density at radius 3 is 2.26 bits per heavy atom. The van der Waals surface area contributed by atoms with Crippen molar-refractivity contribution in [2.45, 2.75) is 118 Å². The minimum absolute atomic E-state index is 0.0105. The van der Waals surface area contributed by atoms with Crippen LogP contribution in [0.4, 0.5) is 0 Å². The molecule has 4 rings (SSSR count). The fourth-order valence-corrected chi connectivity index (χ4v) is 8.73. The average molecular weight is 473 g/mol. The molecular weight excluding hydrogens is 424 g/mol. The Hall–Kier alpha value is -0.970. The van der Waals surface area contributed by atoms with Gasteiger partial charge in [-0.15, -0.1) is 0 Å². The van der Waals surface area contributed by atoms with Gasteiger partial charge in [0.2, 0.25) is 0 Å². The zero-order valence-corrected chi connectivity index (χ0v) is 22.7. The van der Waals surface area contributed by atoms with Crippen LogP contribution in [0.25, 0.3) is 0 Å². The van der Waals surface area contributed by atoms with E-state index in [9.17, 15) is 20.1 Å². The van der Waals surface area contributed by atoms with Crippen LogP contribution in [-0.2, 0) is 4.79 Å². The van der Waals surface area contributed by atoms with Gasteiger partial charge in [0.25, 0.3) is 0 Å². The third kappa shape index (κ3) is 3.30. The summed E-state index contributed by atoms with van der Waals surface area (Å²) in [5, 5.41) is 34.2. The number of carbonyl (C=O) groups is 1. The van der Waals surface area contributed by atoms with Crippen LogP contribution in [0.5, 0.6) is 0 Å². The molecule has 8 unspecified atom stereocenters. The Morgan fingerprint density at radius 1 is 1.00 bits per heavy atom. The SMILES string of the molecule is C/C(=C\C(=O)C(C)C1CCC2C3=C(CCC21C)C1(C)C(O)CC(O)C(C)(C)C1(O)CC3)C(C)C. The number of rotatable bonds is 4. The number of ketones is 1. The summed E-state index contributed by atoms with van der Waals surface area (Å²) in [5.74, 6) is 1.43. The van der Waals surface area contributed by atoms with Crippen molar-refractivity contribution in [3.8, 4) is 0 Å². The second-order valence-electron chi connectivity index (χ2n) is 13.5. The van der Waals surface area contributed by atoms with Gasteiger partial charge >= 0.3 is 0 Å². The van der Waals surface area contributed by atoms with Crippen LogP contribution in [0.15, 0.2) is 22.8 Å². The molecule has 4 aliphatic rings. The normalized spacial score (nSPS) is 45.0. The molecule has 4 aliphatic carbocycles. The van der Waals surface area contributed by atoms with Gasteiger partial charge in [0.15, 0.2) is 5.78 Å². The van der Waals surface area contributed by atoms with Crippen molar-refractivity contribution in [1.82, 2.24) is 0 Å². The van der Waals surface area contributed by atoms with Gasteiger partial charge in [-0.25, -0.2) is 0 Å². The topological polar surface area (TPSA) is 77.8 Å². The lowest BCUT2D eigenvalue weighted by molar-refractivity contribution is -0.255. The van der Waals surface area contributed by atoms with Gasteiger partial charge in [-0.05, 0) is 74.7 Å². The molecule has 0 aromatic rings. The van der Waals surface area contributed by atoms with Crippen molar-refractivity contribution < 1.29 is 20.1 Å². The van der Waals surface area contributed by atoms with E-state index in [2.05, 4.69) is 41.5 Å². The lowest BCUT2D eigenvalue weighted by Gasteiger charge is -2.65. The zero-order valence-electron chi connectivity index (χ0n) is 22.7. The Morgan fingerprint density at radius 2 is 1.65 bits per heavy atom. The average Bonchev–Trinajstić information content (AvgIpc) is 3.11.